The number of carbonyl (C=O) groups excluding carboxylic acids is 2. The molecule has 34 heavy (non-hydrogen) atoms. The van der Waals surface area contributed by atoms with Crippen molar-refractivity contribution in [3.05, 3.63) is 30.1 Å². The number of nitrogens with zero attached hydrogens (tertiary/aromatic N) is 2. The van der Waals surface area contributed by atoms with Gasteiger partial charge in [-0.15, -0.1) is 0 Å². The van der Waals surface area contributed by atoms with Crippen molar-refractivity contribution in [2.45, 2.75) is 85.1 Å². The molecule has 0 spiro atoms. The number of rotatable bonds is 7. The van der Waals surface area contributed by atoms with Gasteiger partial charge in [0, 0.05) is 12.6 Å². The second kappa shape index (κ2) is 9.68. The summed E-state index contributed by atoms with van der Waals surface area (Å²) >= 11 is 0. The number of imidazole rings is 1. The van der Waals surface area contributed by atoms with Crippen molar-refractivity contribution in [3.63, 3.8) is 0 Å². The number of fused-ring (bicyclic) bond motifs is 3. The van der Waals surface area contributed by atoms with Gasteiger partial charge in [0.25, 0.3) is 5.91 Å². The van der Waals surface area contributed by atoms with Gasteiger partial charge in [-0.1, -0.05) is 53.0 Å². The maximum atomic E-state index is 13.2. The van der Waals surface area contributed by atoms with Crippen molar-refractivity contribution in [3.8, 4) is 0 Å². The van der Waals surface area contributed by atoms with Crippen molar-refractivity contribution in [2.75, 3.05) is 11.9 Å². The molecular weight excluding hydrogens is 428 g/mol. The second-order valence-electron chi connectivity index (χ2n) is 11.7. The van der Waals surface area contributed by atoms with Crippen LogP contribution in [0.25, 0.3) is 5.65 Å². The maximum Gasteiger partial charge on any atom is 0.271 e. The zero-order chi connectivity index (χ0) is 24.5. The van der Waals surface area contributed by atoms with Crippen LogP contribution in [0.2, 0.25) is 0 Å². The molecule has 2 heterocycles. The van der Waals surface area contributed by atoms with Crippen molar-refractivity contribution in [1.82, 2.24) is 14.7 Å². The summed E-state index contributed by atoms with van der Waals surface area (Å²) in [6.07, 6.45) is 10.8. The summed E-state index contributed by atoms with van der Waals surface area (Å²) < 4.78 is 1.76. The molecule has 2 aliphatic carbocycles. The Hall–Kier alpha value is -2.41. The summed E-state index contributed by atoms with van der Waals surface area (Å²) in [5, 5.41) is 15.7. The Kier molecular flexibility index (Phi) is 7.04. The summed E-state index contributed by atoms with van der Waals surface area (Å²) in [6.45, 7) is 8.03. The molecule has 7 nitrogen and oxygen atoms in total. The van der Waals surface area contributed by atoms with Crippen molar-refractivity contribution >= 4 is 23.3 Å². The highest BCUT2D eigenvalue weighted by atomic mass is 16.3. The zero-order valence-electron chi connectivity index (χ0n) is 21.1. The first kappa shape index (κ1) is 24.7. The highest BCUT2D eigenvalue weighted by Gasteiger charge is 2.43. The molecule has 0 aromatic carbocycles. The van der Waals surface area contributed by atoms with Gasteiger partial charge in [-0.05, 0) is 60.5 Å². The monoisotopic (exact) mass is 468 g/mol. The van der Waals surface area contributed by atoms with Gasteiger partial charge >= 0.3 is 0 Å². The van der Waals surface area contributed by atoms with Crippen LogP contribution in [-0.2, 0) is 4.79 Å². The number of hydrogen-bond donors (Lipinski definition) is 3. The molecule has 0 aliphatic heterocycles. The van der Waals surface area contributed by atoms with E-state index < -0.39 is 0 Å². The van der Waals surface area contributed by atoms with E-state index in [2.05, 4.69) is 22.5 Å². The van der Waals surface area contributed by atoms with E-state index in [0.29, 0.717) is 17.9 Å². The van der Waals surface area contributed by atoms with Gasteiger partial charge in [0.2, 0.25) is 5.91 Å². The van der Waals surface area contributed by atoms with E-state index in [1.807, 2.05) is 39.0 Å². The SMILES string of the molecule is CCC1CC2CCCC(CC(=O)Nc3cccc4nc(C(=O)N[C@H](CO)C(C)(C)C)cn34)(C1)C2. The lowest BCUT2D eigenvalue weighted by Crippen LogP contribution is -2.46. The minimum atomic E-state index is -0.384. The number of anilines is 1. The Morgan fingerprint density at radius 1 is 1.29 bits per heavy atom. The molecule has 2 aromatic rings. The van der Waals surface area contributed by atoms with Crippen LogP contribution in [0.5, 0.6) is 0 Å². The van der Waals surface area contributed by atoms with Crippen LogP contribution in [-0.4, -0.2) is 39.0 Å². The minimum absolute atomic E-state index is 0.0395. The topological polar surface area (TPSA) is 95.7 Å². The van der Waals surface area contributed by atoms with Gasteiger partial charge in [-0.2, -0.15) is 0 Å². The van der Waals surface area contributed by atoms with Crippen molar-refractivity contribution < 1.29 is 14.7 Å². The van der Waals surface area contributed by atoms with E-state index in [1.165, 1.54) is 32.1 Å². The van der Waals surface area contributed by atoms with E-state index in [0.717, 1.165) is 24.7 Å². The fraction of sp³-hybridized carbons (Fsp3) is 0.667. The van der Waals surface area contributed by atoms with Crippen LogP contribution in [0.4, 0.5) is 5.82 Å². The lowest BCUT2D eigenvalue weighted by molar-refractivity contribution is -0.120. The third-order valence-corrected chi connectivity index (χ3v) is 8.07. The molecule has 2 fully saturated rings. The number of aliphatic hydroxyl groups is 1. The summed E-state index contributed by atoms with van der Waals surface area (Å²) in [5.74, 6) is 1.83. The van der Waals surface area contributed by atoms with E-state index in [1.54, 1.807) is 10.6 Å². The van der Waals surface area contributed by atoms with Crippen LogP contribution in [0.15, 0.2) is 24.4 Å². The molecule has 0 radical (unpaired) electrons. The highest BCUT2D eigenvalue weighted by molar-refractivity contribution is 5.94. The predicted molar refractivity (Wildman–Crippen MR) is 134 cm³/mol. The Morgan fingerprint density at radius 3 is 2.79 bits per heavy atom. The largest absolute Gasteiger partial charge is 0.394 e. The highest BCUT2D eigenvalue weighted by Crippen LogP contribution is 2.53. The molecule has 186 valence electrons. The molecule has 2 bridgehead atoms. The van der Waals surface area contributed by atoms with Crippen LogP contribution < -0.4 is 10.6 Å². The van der Waals surface area contributed by atoms with E-state index in [-0.39, 0.29) is 41.0 Å². The molecule has 4 atom stereocenters. The Bertz CT molecular complexity index is 1040. The number of pyridine rings is 1. The smallest absolute Gasteiger partial charge is 0.271 e. The average Bonchev–Trinajstić information content (AvgIpc) is 3.21. The zero-order valence-corrected chi connectivity index (χ0v) is 21.1. The predicted octanol–water partition coefficient (Wildman–Crippen LogP) is 4.80. The molecule has 3 N–H and O–H groups in total. The van der Waals surface area contributed by atoms with Gasteiger partial charge in [0.1, 0.15) is 17.2 Å². The Labute approximate surface area is 202 Å². The molecule has 3 unspecified atom stereocenters. The fourth-order valence-electron chi connectivity index (χ4n) is 6.20. The molecule has 2 amide bonds. The molecule has 2 aliphatic rings. The third kappa shape index (κ3) is 5.29. The first-order valence-corrected chi connectivity index (χ1v) is 12.8. The molecule has 4 rings (SSSR count). The molecule has 7 heteroatoms. The molecule has 2 saturated carbocycles. The van der Waals surface area contributed by atoms with Gasteiger partial charge in [0.05, 0.1) is 12.6 Å². The van der Waals surface area contributed by atoms with Crippen molar-refractivity contribution in [2.24, 2.45) is 22.7 Å². The quantitative estimate of drug-likeness (QED) is 0.544. The lowest BCUT2D eigenvalue weighted by Gasteiger charge is -2.48. The standard InChI is InChI=1S/C27H40N4O3/c1-5-18-12-19-8-7-11-27(13-18,14-19)15-24(33)30-23-10-6-9-22-28-20(16-31(22)23)25(34)29-21(17-32)26(2,3)4/h6,9-10,16,18-19,21,32H,5,7-8,11-15,17H2,1-4H3,(H,29,34)(H,30,33)/t18?,19?,21-,27?/m1/s1. The first-order valence-electron chi connectivity index (χ1n) is 12.8. The third-order valence-electron chi connectivity index (χ3n) is 8.07. The number of aromatic nitrogens is 2. The van der Waals surface area contributed by atoms with E-state index >= 15 is 0 Å². The Balaban J connectivity index is 1.49. The average molecular weight is 469 g/mol. The second-order valence-corrected chi connectivity index (χ2v) is 11.7. The number of aliphatic hydroxyl groups excluding tert-OH is 1. The van der Waals surface area contributed by atoms with Crippen LogP contribution in [0.1, 0.15) is 89.5 Å². The van der Waals surface area contributed by atoms with Crippen molar-refractivity contribution in [1.29, 1.82) is 0 Å². The molecule has 0 saturated heterocycles. The lowest BCUT2D eigenvalue weighted by atomic mass is 9.57. The van der Waals surface area contributed by atoms with Gasteiger partial charge in [0.15, 0.2) is 0 Å². The number of nitrogens with one attached hydrogen (secondary N) is 2. The first-order chi connectivity index (χ1) is 16.1. The summed E-state index contributed by atoms with van der Waals surface area (Å²) in [4.78, 5) is 30.5. The Morgan fingerprint density at radius 2 is 2.09 bits per heavy atom. The van der Waals surface area contributed by atoms with Gasteiger partial charge in [-0.25, -0.2) is 4.98 Å². The normalized spacial score (nSPS) is 25.7. The van der Waals surface area contributed by atoms with E-state index in [9.17, 15) is 14.7 Å². The number of carbonyl (C=O) groups is 2. The van der Waals surface area contributed by atoms with Crippen LogP contribution in [0.3, 0.4) is 0 Å². The molecule has 2 aromatic heterocycles. The molecular formula is C27H40N4O3. The van der Waals surface area contributed by atoms with Gasteiger partial charge in [-0.3, -0.25) is 14.0 Å². The maximum absolute atomic E-state index is 13.2. The van der Waals surface area contributed by atoms with Crippen LogP contribution in [0, 0.1) is 22.7 Å². The van der Waals surface area contributed by atoms with E-state index in [4.69, 9.17) is 0 Å². The number of amides is 2. The fourth-order valence-corrected chi connectivity index (χ4v) is 6.20. The van der Waals surface area contributed by atoms with Gasteiger partial charge < -0.3 is 15.7 Å². The number of hydrogen-bond acceptors (Lipinski definition) is 4. The van der Waals surface area contributed by atoms with Crippen LogP contribution >= 0.6 is 0 Å². The summed E-state index contributed by atoms with van der Waals surface area (Å²) in [6, 6.07) is 5.12. The minimum Gasteiger partial charge on any atom is -0.394 e. The summed E-state index contributed by atoms with van der Waals surface area (Å²) in [7, 11) is 0. The summed E-state index contributed by atoms with van der Waals surface area (Å²) in [5.41, 5.74) is 0.706.